The predicted octanol–water partition coefficient (Wildman–Crippen LogP) is 10.1. The van der Waals surface area contributed by atoms with Crippen molar-refractivity contribution < 1.29 is 0 Å². The van der Waals surface area contributed by atoms with Gasteiger partial charge in [-0.05, 0) is 52.6 Å². The Morgan fingerprint density at radius 3 is 1.17 bits per heavy atom. The lowest BCUT2D eigenvalue weighted by atomic mass is 9.99. The molecule has 0 aromatic heterocycles. The van der Waals surface area contributed by atoms with Crippen molar-refractivity contribution in [1.29, 1.82) is 0 Å². The van der Waals surface area contributed by atoms with Crippen LogP contribution in [-0.2, 0) is 0 Å². The van der Waals surface area contributed by atoms with Gasteiger partial charge in [-0.3, -0.25) is 0 Å². The lowest BCUT2D eigenvalue weighted by Gasteiger charge is -2.24. The van der Waals surface area contributed by atoms with E-state index >= 15 is 0 Å². The number of hydrogen-bond donors (Lipinski definition) is 0. The Hall–Kier alpha value is -0.300. The molecular weight excluding hydrogens is 362 g/mol. The summed E-state index contributed by atoms with van der Waals surface area (Å²) in [4.78, 5) is 2.48. The third-order valence-corrected chi connectivity index (χ3v) is 6.67. The fourth-order valence-corrected chi connectivity index (χ4v) is 4.45. The molecule has 0 radical (unpaired) electrons. The van der Waals surface area contributed by atoms with E-state index in [4.69, 9.17) is 0 Å². The lowest BCUT2D eigenvalue weighted by Crippen LogP contribution is -2.27. The molecule has 0 saturated heterocycles. The SMILES string of the molecule is CCCCCCCC/C=C\CCCCCCCC(CCCCCCCCC)N(C)C. The average molecular weight is 422 g/mol. The molecule has 30 heavy (non-hydrogen) atoms. The molecule has 0 aromatic carbocycles. The van der Waals surface area contributed by atoms with Crippen LogP contribution in [0.4, 0.5) is 0 Å². The van der Waals surface area contributed by atoms with Crippen LogP contribution < -0.4 is 0 Å². The summed E-state index contributed by atoms with van der Waals surface area (Å²) >= 11 is 0. The maximum absolute atomic E-state index is 2.48. The Morgan fingerprint density at radius 2 is 0.800 bits per heavy atom. The largest absolute Gasteiger partial charge is 0.306 e. The zero-order valence-corrected chi connectivity index (χ0v) is 21.7. The molecule has 1 heteroatoms. The standard InChI is InChI=1S/C29H59N/c1-5-7-9-11-13-14-15-16-17-18-19-20-22-24-26-28-29(30(3)4)27-25-23-21-12-10-8-6-2/h16-17,29H,5-15,18-28H2,1-4H3/b17-16-. The molecule has 0 aromatic rings. The molecule has 1 atom stereocenters. The molecule has 0 amide bonds. The van der Waals surface area contributed by atoms with E-state index in [0.717, 1.165) is 6.04 Å². The number of rotatable bonds is 24. The van der Waals surface area contributed by atoms with Gasteiger partial charge in [-0.2, -0.15) is 0 Å². The molecule has 1 unspecified atom stereocenters. The van der Waals surface area contributed by atoms with Gasteiger partial charge < -0.3 is 4.90 Å². The number of nitrogens with zero attached hydrogens (tertiary/aromatic N) is 1. The maximum Gasteiger partial charge on any atom is 0.00891 e. The zero-order valence-electron chi connectivity index (χ0n) is 21.7. The van der Waals surface area contributed by atoms with Crippen LogP contribution in [0.1, 0.15) is 155 Å². The minimum absolute atomic E-state index is 0.811. The first kappa shape index (κ1) is 29.7. The minimum Gasteiger partial charge on any atom is -0.306 e. The van der Waals surface area contributed by atoms with Crippen LogP contribution in [-0.4, -0.2) is 25.0 Å². The summed E-state index contributed by atoms with van der Waals surface area (Å²) in [6.45, 7) is 4.60. The second kappa shape index (κ2) is 25.0. The Labute approximate surface area is 192 Å². The van der Waals surface area contributed by atoms with Gasteiger partial charge in [0.15, 0.2) is 0 Å². The van der Waals surface area contributed by atoms with Crippen molar-refractivity contribution in [3.63, 3.8) is 0 Å². The van der Waals surface area contributed by atoms with Crippen molar-refractivity contribution in [2.45, 2.75) is 161 Å². The second-order valence-corrected chi connectivity index (χ2v) is 9.90. The molecule has 0 fully saturated rings. The van der Waals surface area contributed by atoms with Crippen molar-refractivity contribution in [1.82, 2.24) is 4.90 Å². The minimum atomic E-state index is 0.811. The smallest absolute Gasteiger partial charge is 0.00891 e. The van der Waals surface area contributed by atoms with Gasteiger partial charge in [-0.1, -0.05) is 129 Å². The zero-order chi connectivity index (χ0) is 22.1. The molecule has 0 rings (SSSR count). The van der Waals surface area contributed by atoms with E-state index in [1.165, 1.54) is 141 Å². The van der Waals surface area contributed by atoms with Crippen LogP contribution >= 0.6 is 0 Å². The maximum atomic E-state index is 2.48. The molecule has 0 aliphatic carbocycles. The van der Waals surface area contributed by atoms with E-state index in [2.05, 4.69) is 45.0 Å². The first-order valence-corrected chi connectivity index (χ1v) is 14.0. The third-order valence-electron chi connectivity index (χ3n) is 6.67. The molecule has 0 aliphatic heterocycles. The molecule has 0 bridgehead atoms. The summed E-state index contributed by atoms with van der Waals surface area (Å²) in [7, 11) is 4.56. The average Bonchev–Trinajstić information content (AvgIpc) is 2.74. The molecule has 0 saturated carbocycles. The summed E-state index contributed by atoms with van der Waals surface area (Å²) in [6.07, 6.45) is 35.9. The first-order chi connectivity index (χ1) is 14.7. The van der Waals surface area contributed by atoms with Crippen molar-refractivity contribution in [2.24, 2.45) is 0 Å². The normalized spacial score (nSPS) is 13.0. The van der Waals surface area contributed by atoms with Gasteiger partial charge in [-0.15, -0.1) is 0 Å². The highest BCUT2D eigenvalue weighted by Gasteiger charge is 2.10. The van der Waals surface area contributed by atoms with Crippen molar-refractivity contribution >= 4 is 0 Å². The fourth-order valence-electron chi connectivity index (χ4n) is 4.45. The second-order valence-electron chi connectivity index (χ2n) is 9.90. The Morgan fingerprint density at radius 1 is 0.467 bits per heavy atom. The summed E-state index contributed by atoms with van der Waals surface area (Å²) < 4.78 is 0. The quantitative estimate of drug-likeness (QED) is 0.111. The molecule has 0 N–H and O–H groups in total. The van der Waals surface area contributed by atoms with E-state index in [1.807, 2.05) is 0 Å². The van der Waals surface area contributed by atoms with Gasteiger partial charge in [0.2, 0.25) is 0 Å². The topological polar surface area (TPSA) is 3.24 Å². The lowest BCUT2D eigenvalue weighted by molar-refractivity contribution is 0.251. The molecule has 1 nitrogen and oxygen atoms in total. The van der Waals surface area contributed by atoms with E-state index in [1.54, 1.807) is 0 Å². The summed E-state index contributed by atoms with van der Waals surface area (Å²) in [5.74, 6) is 0. The van der Waals surface area contributed by atoms with Gasteiger partial charge >= 0.3 is 0 Å². The van der Waals surface area contributed by atoms with E-state index < -0.39 is 0 Å². The number of hydrogen-bond acceptors (Lipinski definition) is 1. The molecule has 0 aliphatic rings. The van der Waals surface area contributed by atoms with E-state index in [9.17, 15) is 0 Å². The summed E-state index contributed by atoms with van der Waals surface area (Å²) in [5, 5.41) is 0. The first-order valence-electron chi connectivity index (χ1n) is 14.0. The predicted molar refractivity (Wildman–Crippen MR) is 140 cm³/mol. The number of unbranched alkanes of at least 4 members (excludes halogenated alkanes) is 17. The molecule has 180 valence electrons. The van der Waals surface area contributed by atoms with Crippen molar-refractivity contribution in [3.05, 3.63) is 12.2 Å². The Kier molecular flexibility index (Phi) is 24.7. The van der Waals surface area contributed by atoms with Crippen molar-refractivity contribution in [3.8, 4) is 0 Å². The highest BCUT2D eigenvalue weighted by molar-refractivity contribution is 4.81. The van der Waals surface area contributed by atoms with Gasteiger partial charge in [0.1, 0.15) is 0 Å². The van der Waals surface area contributed by atoms with Crippen LogP contribution in [0, 0.1) is 0 Å². The van der Waals surface area contributed by atoms with E-state index in [-0.39, 0.29) is 0 Å². The fraction of sp³-hybridized carbons (Fsp3) is 0.931. The van der Waals surface area contributed by atoms with Crippen molar-refractivity contribution in [2.75, 3.05) is 14.1 Å². The Bertz CT molecular complexity index is 333. The Balaban J connectivity index is 3.45. The van der Waals surface area contributed by atoms with Crippen LogP contribution in [0.25, 0.3) is 0 Å². The van der Waals surface area contributed by atoms with E-state index in [0.29, 0.717) is 0 Å². The van der Waals surface area contributed by atoms with Gasteiger partial charge in [0.25, 0.3) is 0 Å². The van der Waals surface area contributed by atoms with Crippen LogP contribution in [0.15, 0.2) is 12.2 Å². The van der Waals surface area contributed by atoms with Crippen LogP contribution in [0.3, 0.4) is 0 Å². The highest BCUT2D eigenvalue weighted by atomic mass is 15.1. The number of allylic oxidation sites excluding steroid dienone is 2. The summed E-state index contributed by atoms with van der Waals surface area (Å²) in [6, 6.07) is 0.811. The molecular formula is C29H59N. The monoisotopic (exact) mass is 421 g/mol. The summed E-state index contributed by atoms with van der Waals surface area (Å²) in [5.41, 5.74) is 0. The molecule has 0 heterocycles. The van der Waals surface area contributed by atoms with Gasteiger partial charge in [0.05, 0.1) is 0 Å². The van der Waals surface area contributed by atoms with Gasteiger partial charge in [0, 0.05) is 6.04 Å². The van der Waals surface area contributed by atoms with Crippen LogP contribution in [0.5, 0.6) is 0 Å². The molecule has 0 spiro atoms. The third kappa shape index (κ3) is 22.4. The highest BCUT2D eigenvalue weighted by Crippen LogP contribution is 2.17. The van der Waals surface area contributed by atoms with Gasteiger partial charge in [-0.25, -0.2) is 0 Å². The van der Waals surface area contributed by atoms with Crippen LogP contribution in [0.2, 0.25) is 0 Å².